The molecular formula is C18H17ClF2N4O3S2. The van der Waals surface area contributed by atoms with E-state index in [9.17, 15) is 17.2 Å². The predicted octanol–water partition coefficient (Wildman–Crippen LogP) is 2.96. The van der Waals surface area contributed by atoms with Gasteiger partial charge in [-0.1, -0.05) is 17.7 Å². The highest BCUT2D eigenvalue weighted by molar-refractivity contribution is 7.89. The van der Waals surface area contributed by atoms with Crippen molar-refractivity contribution in [3.05, 3.63) is 58.6 Å². The third kappa shape index (κ3) is 5.29. The van der Waals surface area contributed by atoms with Gasteiger partial charge >= 0.3 is 0 Å². The molecule has 0 aliphatic carbocycles. The van der Waals surface area contributed by atoms with Crippen molar-refractivity contribution >= 4 is 50.9 Å². The second-order valence-electron chi connectivity index (χ2n) is 6.12. The summed E-state index contributed by atoms with van der Waals surface area (Å²) in [5.74, 6) is -1.55. The van der Waals surface area contributed by atoms with E-state index < -0.39 is 21.7 Å². The topological polar surface area (TPSA) is 83.0 Å². The SMILES string of the molecule is O=S(=O)(c1ccc(Cl)c(NC(=S)N/N=C\c2c(F)cccc2F)c1)N1CCOCC1. The van der Waals surface area contributed by atoms with Gasteiger partial charge < -0.3 is 10.1 Å². The number of benzene rings is 2. The molecule has 1 heterocycles. The number of hydrogen-bond acceptors (Lipinski definition) is 5. The first-order valence-corrected chi connectivity index (χ1v) is 10.9. The number of nitrogens with zero attached hydrogens (tertiary/aromatic N) is 2. The zero-order valence-corrected chi connectivity index (χ0v) is 17.8. The summed E-state index contributed by atoms with van der Waals surface area (Å²) in [5.41, 5.74) is 2.31. The Morgan fingerprint density at radius 3 is 2.53 bits per heavy atom. The van der Waals surface area contributed by atoms with E-state index >= 15 is 0 Å². The van der Waals surface area contributed by atoms with Crippen LogP contribution in [0, 0.1) is 11.6 Å². The number of thiocarbonyl (C=S) groups is 1. The number of anilines is 1. The third-order valence-corrected chi connectivity index (χ3v) is 6.57. The fourth-order valence-electron chi connectivity index (χ4n) is 2.64. The van der Waals surface area contributed by atoms with E-state index in [0.717, 1.165) is 18.3 Å². The minimum atomic E-state index is -3.72. The van der Waals surface area contributed by atoms with Crippen molar-refractivity contribution in [3.8, 4) is 0 Å². The van der Waals surface area contributed by atoms with E-state index in [1.54, 1.807) is 0 Å². The maximum atomic E-state index is 13.6. The largest absolute Gasteiger partial charge is 0.379 e. The quantitative estimate of drug-likeness (QED) is 0.394. The molecule has 2 N–H and O–H groups in total. The molecule has 2 aromatic carbocycles. The standard InChI is InChI=1S/C18H17ClF2N4O3S2/c19-14-5-4-12(30(26,27)25-6-8-28-9-7-25)10-17(14)23-18(29)24-22-11-13-15(20)2-1-3-16(13)21/h1-5,10-11H,6-9H2,(H2,23,24,29)/b22-11-. The van der Waals surface area contributed by atoms with Crippen LogP contribution in [0.5, 0.6) is 0 Å². The number of halogens is 3. The zero-order valence-electron chi connectivity index (χ0n) is 15.4. The Labute approximate surface area is 182 Å². The van der Waals surface area contributed by atoms with E-state index in [2.05, 4.69) is 15.8 Å². The molecule has 2 aromatic rings. The van der Waals surface area contributed by atoms with Crippen LogP contribution in [0.3, 0.4) is 0 Å². The van der Waals surface area contributed by atoms with Crippen LogP contribution in [0.25, 0.3) is 0 Å². The van der Waals surface area contributed by atoms with Gasteiger partial charge in [0.2, 0.25) is 10.0 Å². The summed E-state index contributed by atoms with van der Waals surface area (Å²) in [6.45, 7) is 1.17. The maximum absolute atomic E-state index is 13.6. The molecule has 3 rings (SSSR count). The summed E-state index contributed by atoms with van der Waals surface area (Å²) >= 11 is 11.2. The molecule has 0 unspecified atom stereocenters. The van der Waals surface area contributed by atoms with Gasteiger partial charge in [-0.15, -0.1) is 0 Å². The lowest BCUT2D eigenvalue weighted by Crippen LogP contribution is -2.40. The monoisotopic (exact) mass is 474 g/mol. The lowest BCUT2D eigenvalue weighted by molar-refractivity contribution is 0.0730. The van der Waals surface area contributed by atoms with Gasteiger partial charge in [0, 0.05) is 13.1 Å². The maximum Gasteiger partial charge on any atom is 0.243 e. The van der Waals surface area contributed by atoms with Crippen LogP contribution in [0.4, 0.5) is 14.5 Å². The molecule has 1 aliphatic rings. The number of nitrogens with one attached hydrogen (secondary N) is 2. The van der Waals surface area contributed by atoms with Gasteiger partial charge in [0.25, 0.3) is 0 Å². The number of sulfonamides is 1. The highest BCUT2D eigenvalue weighted by atomic mass is 35.5. The highest BCUT2D eigenvalue weighted by Gasteiger charge is 2.27. The smallest absolute Gasteiger partial charge is 0.243 e. The van der Waals surface area contributed by atoms with Gasteiger partial charge in [0.1, 0.15) is 11.6 Å². The average molecular weight is 475 g/mol. The van der Waals surface area contributed by atoms with Gasteiger partial charge in [-0.3, -0.25) is 5.43 Å². The van der Waals surface area contributed by atoms with Crippen molar-refractivity contribution in [2.24, 2.45) is 5.10 Å². The Kier molecular flexibility index (Phi) is 7.32. The van der Waals surface area contributed by atoms with Crippen molar-refractivity contribution in [1.82, 2.24) is 9.73 Å². The first-order valence-electron chi connectivity index (χ1n) is 8.70. The highest BCUT2D eigenvalue weighted by Crippen LogP contribution is 2.27. The Morgan fingerprint density at radius 1 is 1.20 bits per heavy atom. The molecule has 0 radical (unpaired) electrons. The predicted molar refractivity (Wildman–Crippen MR) is 114 cm³/mol. The first kappa shape index (κ1) is 22.5. The van der Waals surface area contributed by atoms with Crippen LogP contribution < -0.4 is 10.7 Å². The van der Waals surface area contributed by atoms with Crippen molar-refractivity contribution in [1.29, 1.82) is 0 Å². The van der Waals surface area contributed by atoms with Crippen LogP contribution in [0.15, 0.2) is 46.4 Å². The number of hydrogen-bond donors (Lipinski definition) is 2. The number of morpholine rings is 1. The van der Waals surface area contributed by atoms with Crippen LogP contribution >= 0.6 is 23.8 Å². The molecule has 1 fully saturated rings. The summed E-state index contributed by atoms with van der Waals surface area (Å²) in [4.78, 5) is 0.0380. The molecule has 0 amide bonds. The fourth-order valence-corrected chi connectivity index (χ4v) is 4.40. The number of rotatable bonds is 5. The molecule has 160 valence electrons. The van der Waals surface area contributed by atoms with E-state index in [0.29, 0.717) is 13.2 Å². The normalized spacial score (nSPS) is 15.3. The Balaban J connectivity index is 1.71. The van der Waals surface area contributed by atoms with Gasteiger partial charge in [-0.05, 0) is 42.5 Å². The fraction of sp³-hybridized carbons (Fsp3) is 0.222. The van der Waals surface area contributed by atoms with Crippen molar-refractivity contribution in [3.63, 3.8) is 0 Å². The number of hydrazone groups is 1. The molecular weight excluding hydrogens is 458 g/mol. The summed E-state index contributed by atoms with van der Waals surface area (Å²) in [5, 5.41) is 6.59. The minimum Gasteiger partial charge on any atom is -0.379 e. The van der Waals surface area contributed by atoms with Crippen LogP contribution in [0.1, 0.15) is 5.56 Å². The minimum absolute atomic E-state index is 0.0380. The summed E-state index contributed by atoms with van der Waals surface area (Å²) in [7, 11) is -3.72. The molecule has 0 spiro atoms. The molecule has 30 heavy (non-hydrogen) atoms. The Hall–Kier alpha value is -2.18. The number of ether oxygens (including phenoxy) is 1. The van der Waals surface area contributed by atoms with E-state index in [1.165, 1.54) is 28.6 Å². The van der Waals surface area contributed by atoms with Crippen molar-refractivity contribution in [2.45, 2.75) is 4.90 Å². The zero-order chi connectivity index (χ0) is 21.7. The average Bonchev–Trinajstić information content (AvgIpc) is 2.72. The Morgan fingerprint density at radius 2 is 1.87 bits per heavy atom. The van der Waals surface area contributed by atoms with Crippen LogP contribution in [0.2, 0.25) is 5.02 Å². The summed E-state index contributed by atoms with van der Waals surface area (Å²) in [6, 6.07) is 7.61. The molecule has 0 aromatic heterocycles. The van der Waals surface area contributed by atoms with E-state index in [1.807, 2.05) is 0 Å². The molecule has 1 saturated heterocycles. The molecule has 7 nitrogen and oxygen atoms in total. The van der Waals surface area contributed by atoms with Gasteiger partial charge in [0.15, 0.2) is 5.11 Å². The van der Waals surface area contributed by atoms with Gasteiger partial charge in [-0.25, -0.2) is 17.2 Å². The van der Waals surface area contributed by atoms with E-state index in [-0.39, 0.29) is 39.4 Å². The first-order chi connectivity index (χ1) is 14.3. The van der Waals surface area contributed by atoms with Gasteiger partial charge in [0.05, 0.1) is 40.6 Å². The lowest BCUT2D eigenvalue weighted by Gasteiger charge is -2.26. The molecule has 0 bridgehead atoms. The van der Waals surface area contributed by atoms with Crippen molar-refractivity contribution in [2.75, 3.05) is 31.6 Å². The molecule has 12 heteroatoms. The third-order valence-electron chi connectivity index (χ3n) is 4.15. The summed E-state index contributed by atoms with van der Waals surface area (Å²) < 4.78 is 59.3. The molecule has 0 atom stereocenters. The summed E-state index contributed by atoms with van der Waals surface area (Å²) in [6.07, 6.45) is 0.944. The van der Waals surface area contributed by atoms with E-state index in [4.69, 9.17) is 28.6 Å². The van der Waals surface area contributed by atoms with Gasteiger partial charge in [-0.2, -0.15) is 9.41 Å². The van der Waals surface area contributed by atoms with Crippen molar-refractivity contribution < 1.29 is 21.9 Å². The molecule has 1 aliphatic heterocycles. The van der Waals surface area contributed by atoms with Crippen LogP contribution in [-0.4, -0.2) is 50.4 Å². The lowest BCUT2D eigenvalue weighted by atomic mass is 10.2. The molecule has 0 saturated carbocycles. The second kappa shape index (κ2) is 9.75. The second-order valence-corrected chi connectivity index (χ2v) is 8.87. The van der Waals surface area contributed by atoms with Crippen LogP contribution in [-0.2, 0) is 14.8 Å². The Bertz CT molecular complexity index is 1060.